The molecule has 0 unspecified atom stereocenters. The zero-order valence-electron chi connectivity index (χ0n) is 25.1. The van der Waals surface area contributed by atoms with Gasteiger partial charge < -0.3 is 29.0 Å². The minimum absolute atomic E-state index is 0.00659. The van der Waals surface area contributed by atoms with Crippen LogP contribution in [0.25, 0.3) is 5.52 Å². The first-order valence-electron chi connectivity index (χ1n) is 15.5. The van der Waals surface area contributed by atoms with Gasteiger partial charge in [0.2, 0.25) is 0 Å². The van der Waals surface area contributed by atoms with Gasteiger partial charge in [-0.3, -0.25) is 4.79 Å². The first kappa shape index (κ1) is 27.5. The number of rotatable bonds is 7. The highest BCUT2D eigenvalue weighted by Gasteiger charge is 2.44. The molecule has 3 fully saturated rings. The first-order valence-corrected chi connectivity index (χ1v) is 15.5. The standard InChI is InChI=1S/C33H40N8O2/c1-3-32(26-7-5-4-6-8-26)9-13-38(22-32)27-19-25(2)41(29(42)20-27)18-17-39-23-33(36-31(39)43)10-14-37(15-11-33)30-28-21-34-24-40(28)16-12-35-30/h4-8,12,16,19-21,24H,3,9-11,13-15,17-18,22-23H2,1-2H3,(H,36,43)/t32-/m0/s1. The summed E-state index contributed by atoms with van der Waals surface area (Å²) in [4.78, 5) is 41.8. The van der Waals surface area contributed by atoms with E-state index in [0.717, 1.165) is 74.6 Å². The third-order valence-corrected chi connectivity index (χ3v) is 10.2. The van der Waals surface area contributed by atoms with Crippen molar-refractivity contribution in [1.82, 2.24) is 29.2 Å². The molecule has 1 spiro atoms. The van der Waals surface area contributed by atoms with E-state index in [2.05, 4.69) is 68.4 Å². The molecular weight excluding hydrogens is 540 g/mol. The third-order valence-electron chi connectivity index (χ3n) is 10.2. The average molecular weight is 581 g/mol. The summed E-state index contributed by atoms with van der Waals surface area (Å²) in [5.41, 5.74) is 4.16. The van der Waals surface area contributed by atoms with Crippen molar-refractivity contribution in [2.75, 3.05) is 49.1 Å². The van der Waals surface area contributed by atoms with Crippen LogP contribution < -0.4 is 20.7 Å². The molecule has 1 aromatic carbocycles. The summed E-state index contributed by atoms with van der Waals surface area (Å²) in [6.45, 7) is 9.38. The molecule has 2 amide bonds. The highest BCUT2D eigenvalue weighted by Crippen LogP contribution is 2.39. The van der Waals surface area contributed by atoms with Crippen LogP contribution >= 0.6 is 0 Å². The monoisotopic (exact) mass is 580 g/mol. The lowest BCUT2D eigenvalue weighted by molar-refractivity contribution is 0.215. The number of carbonyl (C=O) groups is 1. The number of nitrogens with zero attached hydrogens (tertiary/aromatic N) is 7. The van der Waals surface area contributed by atoms with Crippen LogP contribution in [0.5, 0.6) is 0 Å². The molecule has 0 aliphatic carbocycles. The van der Waals surface area contributed by atoms with Gasteiger partial charge in [0.05, 0.1) is 18.1 Å². The molecule has 7 rings (SSSR count). The maximum atomic E-state index is 13.3. The van der Waals surface area contributed by atoms with E-state index in [1.165, 1.54) is 5.56 Å². The van der Waals surface area contributed by atoms with Gasteiger partial charge in [0.25, 0.3) is 5.56 Å². The van der Waals surface area contributed by atoms with Crippen molar-refractivity contribution in [3.63, 3.8) is 0 Å². The van der Waals surface area contributed by atoms with Gasteiger partial charge in [-0.1, -0.05) is 37.3 Å². The molecule has 3 aliphatic rings. The summed E-state index contributed by atoms with van der Waals surface area (Å²) in [6.07, 6.45) is 11.2. The summed E-state index contributed by atoms with van der Waals surface area (Å²) >= 11 is 0. The van der Waals surface area contributed by atoms with E-state index in [4.69, 9.17) is 0 Å². The predicted molar refractivity (Wildman–Crippen MR) is 168 cm³/mol. The molecule has 6 heterocycles. The van der Waals surface area contributed by atoms with E-state index < -0.39 is 0 Å². The van der Waals surface area contributed by atoms with Gasteiger partial charge in [-0.15, -0.1) is 0 Å². The zero-order chi connectivity index (χ0) is 29.6. The Labute approximate surface area is 252 Å². The normalized spacial score (nSPS) is 21.7. The molecule has 3 aliphatic heterocycles. The number of piperidine rings is 1. The Morgan fingerprint density at radius 3 is 2.51 bits per heavy atom. The Hall–Kier alpha value is -4.34. The molecule has 0 bridgehead atoms. The minimum Gasteiger partial charge on any atom is -0.370 e. The predicted octanol–water partition coefficient (Wildman–Crippen LogP) is 3.82. The number of aryl methyl sites for hydroxylation is 1. The SMILES string of the molecule is CC[C@]1(c2ccccc2)CCN(c2cc(C)n(CCN3CC4(CCN(c5nccn6cncc56)CC4)NC3=O)c(=O)c2)C1. The van der Waals surface area contributed by atoms with Gasteiger partial charge in [0.1, 0.15) is 5.52 Å². The minimum atomic E-state index is -0.247. The molecule has 3 aromatic heterocycles. The number of carbonyl (C=O) groups excluding carboxylic acids is 1. The number of nitrogens with one attached hydrogen (secondary N) is 1. The van der Waals surface area contributed by atoms with E-state index in [-0.39, 0.29) is 22.5 Å². The lowest BCUT2D eigenvalue weighted by atomic mass is 9.77. The maximum Gasteiger partial charge on any atom is 0.318 e. The Balaban J connectivity index is 0.988. The summed E-state index contributed by atoms with van der Waals surface area (Å²) in [6, 6.07) is 14.6. The topological polar surface area (TPSA) is 91.0 Å². The lowest BCUT2D eigenvalue weighted by Crippen LogP contribution is -2.52. The number of benzene rings is 1. The van der Waals surface area contributed by atoms with Crippen molar-refractivity contribution in [2.24, 2.45) is 0 Å². The molecule has 4 aromatic rings. The summed E-state index contributed by atoms with van der Waals surface area (Å²) in [5, 5.41) is 3.29. The fourth-order valence-electron chi connectivity index (χ4n) is 7.49. The van der Waals surface area contributed by atoms with Gasteiger partial charge >= 0.3 is 6.03 Å². The van der Waals surface area contributed by atoms with Crippen LogP contribution in [-0.2, 0) is 12.0 Å². The second-order valence-electron chi connectivity index (χ2n) is 12.6. The summed E-state index contributed by atoms with van der Waals surface area (Å²) in [7, 11) is 0. The number of amides is 2. The highest BCUT2D eigenvalue weighted by atomic mass is 16.2. The van der Waals surface area contributed by atoms with Crippen molar-refractivity contribution in [3.05, 3.63) is 89.0 Å². The van der Waals surface area contributed by atoms with E-state index in [1.807, 2.05) is 33.2 Å². The van der Waals surface area contributed by atoms with Gasteiger partial charge in [-0.05, 0) is 44.2 Å². The van der Waals surface area contributed by atoms with Crippen molar-refractivity contribution in [3.8, 4) is 0 Å². The van der Waals surface area contributed by atoms with Gasteiger partial charge in [-0.25, -0.2) is 14.8 Å². The molecule has 1 N–H and O–H groups in total. The van der Waals surface area contributed by atoms with Crippen LogP contribution in [0.15, 0.2) is 72.2 Å². The fraction of sp³-hybridized carbons (Fsp3) is 0.455. The Morgan fingerprint density at radius 2 is 1.74 bits per heavy atom. The Morgan fingerprint density at radius 1 is 0.953 bits per heavy atom. The van der Waals surface area contributed by atoms with Gasteiger partial charge in [0, 0.05) is 81.1 Å². The van der Waals surface area contributed by atoms with Crippen LogP contribution in [0.1, 0.15) is 43.9 Å². The molecular formula is C33H40N8O2. The van der Waals surface area contributed by atoms with Crippen molar-refractivity contribution in [1.29, 1.82) is 0 Å². The fourth-order valence-corrected chi connectivity index (χ4v) is 7.49. The molecule has 0 radical (unpaired) electrons. The molecule has 3 saturated heterocycles. The second-order valence-corrected chi connectivity index (χ2v) is 12.6. The smallest absolute Gasteiger partial charge is 0.318 e. The van der Waals surface area contributed by atoms with Crippen LogP contribution in [0.3, 0.4) is 0 Å². The molecule has 0 saturated carbocycles. The third kappa shape index (κ3) is 4.92. The molecule has 1 atom stereocenters. The van der Waals surface area contributed by atoms with E-state index >= 15 is 0 Å². The molecule has 43 heavy (non-hydrogen) atoms. The Kier molecular flexibility index (Phi) is 6.86. The van der Waals surface area contributed by atoms with Crippen molar-refractivity contribution < 1.29 is 4.79 Å². The van der Waals surface area contributed by atoms with E-state index in [1.54, 1.807) is 18.6 Å². The summed E-state index contributed by atoms with van der Waals surface area (Å²) in [5.74, 6) is 0.934. The molecule has 10 nitrogen and oxygen atoms in total. The number of fused-ring (bicyclic) bond motifs is 1. The maximum absolute atomic E-state index is 13.3. The largest absolute Gasteiger partial charge is 0.370 e. The quantitative estimate of drug-likeness (QED) is 0.358. The van der Waals surface area contributed by atoms with Crippen LogP contribution in [-0.4, -0.2) is 74.7 Å². The summed E-state index contributed by atoms with van der Waals surface area (Å²) < 4.78 is 3.79. The highest BCUT2D eigenvalue weighted by molar-refractivity contribution is 5.78. The number of anilines is 2. The Bertz CT molecular complexity index is 1690. The number of pyridine rings is 1. The van der Waals surface area contributed by atoms with E-state index in [9.17, 15) is 9.59 Å². The van der Waals surface area contributed by atoms with E-state index in [0.29, 0.717) is 19.6 Å². The van der Waals surface area contributed by atoms with Gasteiger partial charge in [-0.2, -0.15) is 0 Å². The number of urea groups is 1. The molecule has 10 heteroatoms. The average Bonchev–Trinajstić information content (AvgIpc) is 3.76. The lowest BCUT2D eigenvalue weighted by Gasteiger charge is -2.39. The first-order chi connectivity index (χ1) is 20.9. The number of imidazole rings is 1. The number of hydrogen-bond donors (Lipinski definition) is 1. The van der Waals surface area contributed by atoms with Gasteiger partial charge in [0.15, 0.2) is 5.82 Å². The van der Waals surface area contributed by atoms with Crippen LogP contribution in [0.2, 0.25) is 0 Å². The van der Waals surface area contributed by atoms with Crippen LogP contribution in [0.4, 0.5) is 16.3 Å². The van der Waals surface area contributed by atoms with Crippen molar-refractivity contribution in [2.45, 2.75) is 57.0 Å². The molecule has 224 valence electrons. The number of aromatic nitrogens is 4. The van der Waals surface area contributed by atoms with Crippen molar-refractivity contribution >= 4 is 23.1 Å². The zero-order valence-corrected chi connectivity index (χ0v) is 25.1. The number of hydrogen-bond acceptors (Lipinski definition) is 6. The second kappa shape index (κ2) is 10.7. The van der Waals surface area contributed by atoms with Crippen LogP contribution in [0, 0.1) is 6.92 Å².